The average Bonchev–Trinajstić information content (AvgIpc) is 3.46. The fourth-order valence-corrected chi connectivity index (χ4v) is 2.91. The number of carbonyl (C=O) groups excluding carboxylic acids is 1. The van der Waals surface area contributed by atoms with E-state index in [-0.39, 0.29) is 18.3 Å². The highest BCUT2D eigenvalue weighted by atomic mass is 35.5. The molecule has 1 saturated carbocycles. The van der Waals surface area contributed by atoms with E-state index in [1.165, 1.54) is 0 Å². The first-order valence-electron chi connectivity index (χ1n) is 8.45. The van der Waals surface area contributed by atoms with Gasteiger partial charge in [0.15, 0.2) is 0 Å². The van der Waals surface area contributed by atoms with Gasteiger partial charge in [-0.25, -0.2) is 0 Å². The molecule has 0 saturated heterocycles. The third kappa shape index (κ3) is 4.82. The molecule has 3 rings (SSSR count). The van der Waals surface area contributed by atoms with Crippen LogP contribution < -0.4 is 15.2 Å². The molecule has 1 aliphatic carbocycles. The Balaban J connectivity index is 0.00000243. The summed E-state index contributed by atoms with van der Waals surface area (Å²) in [5, 5.41) is 0. The van der Waals surface area contributed by atoms with E-state index in [4.69, 9.17) is 15.2 Å². The number of nitrogens with two attached hydrogens (primary N) is 1. The van der Waals surface area contributed by atoms with Crippen LogP contribution in [0.3, 0.4) is 0 Å². The van der Waals surface area contributed by atoms with Gasteiger partial charge in [0, 0.05) is 23.8 Å². The van der Waals surface area contributed by atoms with E-state index in [0.717, 1.165) is 35.5 Å². The second-order valence-electron chi connectivity index (χ2n) is 6.35. The minimum atomic E-state index is 0. The summed E-state index contributed by atoms with van der Waals surface area (Å²) >= 11 is 0. The number of anilines is 1. The van der Waals surface area contributed by atoms with E-state index in [0.29, 0.717) is 24.7 Å². The summed E-state index contributed by atoms with van der Waals surface area (Å²) in [5.41, 5.74) is 8.35. The first-order valence-corrected chi connectivity index (χ1v) is 8.45. The zero-order valence-electron chi connectivity index (χ0n) is 15.1. The molecule has 0 unspecified atom stereocenters. The summed E-state index contributed by atoms with van der Waals surface area (Å²) in [4.78, 5) is 14.8. The Morgan fingerprint density at radius 1 is 1.12 bits per heavy atom. The largest absolute Gasteiger partial charge is 0.497 e. The van der Waals surface area contributed by atoms with E-state index in [1.54, 1.807) is 14.2 Å². The Kier molecular flexibility index (Phi) is 6.75. The van der Waals surface area contributed by atoms with Gasteiger partial charge in [-0.1, -0.05) is 12.1 Å². The van der Waals surface area contributed by atoms with Gasteiger partial charge in [-0.3, -0.25) is 4.79 Å². The second-order valence-corrected chi connectivity index (χ2v) is 6.35. The number of benzene rings is 2. The Morgan fingerprint density at radius 3 is 2.38 bits per heavy atom. The summed E-state index contributed by atoms with van der Waals surface area (Å²) in [5.74, 6) is 1.65. The quantitative estimate of drug-likeness (QED) is 0.752. The van der Waals surface area contributed by atoms with Crippen LogP contribution in [0.25, 0.3) is 0 Å². The van der Waals surface area contributed by atoms with Gasteiger partial charge in [-0.15, -0.1) is 12.4 Å². The molecule has 1 fully saturated rings. The first kappa shape index (κ1) is 19.9. The van der Waals surface area contributed by atoms with Gasteiger partial charge in [0.2, 0.25) is 5.91 Å². The number of hydrogen-bond acceptors (Lipinski definition) is 4. The lowest BCUT2D eigenvalue weighted by molar-refractivity contribution is -0.131. The van der Waals surface area contributed by atoms with Crippen LogP contribution in [0.2, 0.25) is 0 Å². The number of nitrogen functional groups attached to an aromatic ring is 1. The molecular formula is C20H25ClN2O3. The minimum Gasteiger partial charge on any atom is -0.497 e. The van der Waals surface area contributed by atoms with E-state index in [1.807, 2.05) is 47.4 Å². The van der Waals surface area contributed by atoms with Gasteiger partial charge in [-0.05, 0) is 48.7 Å². The van der Waals surface area contributed by atoms with Gasteiger partial charge in [0.05, 0.1) is 20.6 Å². The van der Waals surface area contributed by atoms with Crippen molar-refractivity contribution in [3.8, 4) is 11.5 Å². The maximum atomic E-state index is 12.9. The number of halogens is 1. The number of ether oxygens (including phenoxy) is 2. The third-order valence-electron chi connectivity index (χ3n) is 4.47. The smallest absolute Gasteiger partial charge is 0.227 e. The van der Waals surface area contributed by atoms with Crippen molar-refractivity contribution in [3.05, 3.63) is 53.6 Å². The van der Waals surface area contributed by atoms with Crippen molar-refractivity contribution in [1.82, 2.24) is 4.90 Å². The van der Waals surface area contributed by atoms with Gasteiger partial charge in [0.25, 0.3) is 0 Å². The number of hydrogen-bond donors (Lipinski definition) is 1. The maximum absolute atomic E-state index is 12.9. The summed E-state index contributed by atoms with van der Waals surface area (Å²) in [6.45, 7) is 0.527. The molecule has 0 aliphatic heterocycles. The zero-order chi connectivity index (χ0) is 17.8. The van der Waals surface area contributed by atoms with Crippen molar-refractivity contribution in [3.63, 3.8) is 0 Å². The molecule has 0 aromatic heterocycles. The Morgan fingerprint density at radius 2 is 1.81 bits per heavy atom. The summed E-state index contributed by atoms with van der Waals surface area (Å²) in [7, 11) is 3.28. The molecule has 140 valence electrons. The molecule has 0 atom stereocenters. The summed E-state index contributed by atoms with van der Waals surface area (Å²) < 4.78 is 10.8. The van der Waals surface area contributed by atoms with Crippen molar-refractivity contribution in [1.29, 1.82) is 0 Å². The highest BCUT2D eigenvalue weighted by Crippen LogP contribution is 2.32. The van der Waals surface area contributed by atoms with E-state index in [2.05, 4.69) is 0 Å². The van der Waals surface area contributed by atoms with Crippen molar-refractivity contribution in [2.24, 2.45) is 0 Å². The predicted octanol–water partition coefficient (Wildman–Crippen LogP) is 3.44. The van der Waals surface area contributed by atoms with Crippen molar-refractivity contribution < 1.29 is 14.3 Å². The highest BCUT2D eigenvalue weighted by molar-refractivity contribution is 5.85. The monoisotopic (exact) mass is 376 g/mol. The van der Waals surface area contributed by atoms with Crippen LogP contribution in [0.1, 0.15) is 24.0 Å². The van der Waals surface area contributed by atoms with E-state index in [9.17, 15) is 4.79 Å². The van der Waals surface area contributed by atoms with E-state index < -0.39 is 0 Å². The van der Waals surface area contributed by atoms with Crippen LogP contribution in [0.15, 0.2) is 42.5 Å². The second kappa shape index (κ2) is 8.81. The lowest BCUT2D eigenvalue weighted by atomic mass is 10.1. The maximum Gasteiger partial charge on any atom is 0.227 e. The molecule has 2 N–H and O–H groups in total. The van der Waals surface area contributed by atoms with Crippen LogP contribution in [0, 0.1) is 0 Å². The number of nitrogens with zero attached hydrogens (tertiary/aromatic N) is 1. The third-order valence-corrected chi connectivity index (χ3v) is 4.47. The molecule has 5 nitrogen and oxygen atoms in total. The molecule has 0 radical (unpaired) electrons. The summed E-state index contributed by atoms with van der Waals surface area (Å²) in [6, 6.07) is 13.5. The molecule has 1 amide bonds. The standard InChI is InChI=1S/C20H24N2O3.ClH/c1-24-18-9-10-19(25-2)15(12-18)13-22(17-7-8-17)20(23)11-14-3-5-16(21)6-4-14;/h3-6,9-10,12,17H,7-8,11,13,21H2,1-2H3;1H. The number of rotatable bonds is 7. The topological polar surface area (TPSA) is 64.8 Å². The number of amides is 1. The minimum absolute atomic E-state index is 0. The fourth-order valence-electron chi connectivity index (χ4n) is 2.91. The SMILES string of the molecule is COc1ccc(OC)c(CN(C(=O)Cc2ccc(N)cc2)C2CC2)c1.Cl. The fraction of sp³-hybridized carbons (Fsp3) is 0.350. The molecule has 1 aliphatic rings. The van der Waals surface area contributed by atoms with Crippen molar-refractivity contribution in [2.45, 2.75) is 31.8 Å². The molecule has 2 aromatic carbocycles. The molecule has 0 heterocycles. The number of methoxy groups -OCH3 is 2. The van der Waals surface area contributed by atoms with Gasteiger partial charge in [0.1, 0.15) is 11.5 Å². The lowest BCUT2D eigenvalue weighted by Crippen LogP contribution is -2.34. The Bertz CT molecular complexity index is 745. The van der Waals surface area contributed by atoms with Crippen LogP contribution in [0.5, 0.6) is 11.5 Å². The number of carbonyl (C=O) groups is 1. The van der Waals surface area contributed by atoms with E-state index >= 15 is 0 Å². The molecule has 0 spiro atoms. The first-order chi connectivity index (χ1) is 12.1. The van der Waals surface area contributed by atoms with Crippen LogP contribution >= 0.6 is 12.4 Å². The normalized spacial score (nSPS) is 12.8. The molecule has 6 heteroatoms. The van der Waals surface area contributed by atoms with Gasteiger partial charge in [-0.2, -0.15) is 0 Å². The van der Waals surface area contributed by atoms with Crippen LogP contribution in [0.4, 0.5) is 5.69 Å². The van der Waals surface area contributed by atoms with Gasteiger partial charge < -0.3 is 20.1 Å². The van der Waals surface area contributed by atoms with Crippen LogP contribution in [-0.4, -0.2) is 31.1 Å². The predicted molar refractivity (Wildman–Crippen MR) is 105 cm³/mol. The Hall–Kier alpha value is -2.40. The van der Waals surface area contributed by atoms with Crippen LogP contribution in [-0.2, 0) is 17.8 Å². The highest BCUT2D eigenvalue weighted by Gasteiger charge is 2.33. The molecule has 26 heavy (non-hydrogen) atoms. The van der Waals surface area contributed by atoms with Crippen molar-refractivity contribution in [2.75, 3.05) is 20.0 Å². The molecule has 2 aromatic rings. The Labute approximate surface area is 160 Å². The average molecular weight is 377 g/mol. The van der Waals surface area contributed by atoms with Gasteiger partial charge >= 0.3 is 0 Å². The van der Waals surface area contributed by atoms with Crippen molar-refractivity contribution >= 4 is 24.0 Å². The summed E-state index contributed by atoms with van der Waals surface area (Å²) in [6.07, 6.45) is 2.49. The molecule has 0 bridgehead atoms. The zero-order valence-corrected chi connectivity index (χ0v) is 15.9. The molecular weight excluding hydrogens is 352 g/mol. The lowest BCUT2D eigenvalue weighted by Gasteiger charge is -2.24.